The molecule has 1 aliphatic rings. The Bertz CT molecular complexity index is 556. The van der Waals surface area contributed by atoms with E-state index in [0.717, 1.165) is 25.9 Å². The first kappa shape index (κ1) is 17.6. The molecule has 0 bridgehead atoms. The lowest BCUT2D eigenvalue weighted by atomic mass is 9.94. The first-order valence-corrected chi connectivity index (χ1v) is 8.48. The van der Waals surface area contributed by atoms with E-state index in [0.29, 0.717) is 5.92 Å². The van der Waals surface area contributed by atoms with Crippen LogP contribution < -0.4 is 0 Å². The molecule has 0 aromatic heterocycles. The van der Waals surface area contributed by atoms with E-state index < -0.39 is 5.60 Å². The van der Waals surface area contributed by atoms with Crippen LogP contribution in [0.3, 0.4) is 0 Å². The van der Waals surface area contributed by atoms with Gasteiger partial charge in [-0.2, -0.15) is 0 Å². The second kappa shape index (κ2) is 7.20. The van der Waals surface area contributed by atoms with Gasteiger partial charge in [0.25, 0.3) is 0 Å². The zero-order valence-corrected chi connectivity index (χ0v) is 15.1. The largest absolute Gasteiger partial charge is 0.444 e. The third kappa shape index (κ3) is 5.12. The van der Waals surface area contributed by atoms with Crippen molar-refractivity contribution >= 4 is 12.2 Å². The third-order valence-electron chi connectivity index (χ3n) is 4.27. The van der Waals surface area contributed by atoms with Crippen molar-refractivity contribution in [2.24, 2.45) is 5.92 Å². The number of carbonyl (C=O) groups is 1. The van der Waals surface area contributed by atoms with Crippen molar-refractivity contribution in [1.29, 1.82) is 0 Å². The first-order valence-electron chi connectivity index (χ1n) is 8.48. The van der Waals surface area contributed by atoms with Crippen molar-refractivity contribution in [1.82, 2.24) is 4.90 Å². The molecule has 126 valence electrons. The van der Waals surface area contributed by atoms with Gasteiger partial charge in [-0.15, -0.1) is 0 Å². The fourth-order valence-electron chi connectivity index (χ4n) is 2.92. The fourth-order valence-corrected chi connectivity index (χ4v) is 2.92. The number of nitrogens with zero attached hydrogens (tertiary/aromatic N) is 1. The van der Waals surface area contributed by atoms with Gasteiger partial charge in [-0.25, -0.2) is 4.79 Å². The van der Waals surface area contributed by atoms with E-state index in [2.05, 4.69) is 44.2 Å². The highest BCUT2D eigenvalue weighted by molar-refractivity contribution is 5.68. The van der Waals surface area contributed by atoms with E-state index in [1.54, 1.807) is 0 Å². The molecule has 0 unspecified atom stereocenters. The van der Waals surface area contributed by atoms with Crippen molar-refractivity contribution in [3.05, 3.63) is 41.0 Å². The van der Waals surface area contributed by atoms with Crippen molar-refractivity contribution < 1.29 is 9.53 Å². The van der Waals surface area contributed by atoms with Crippen molar-refractivity contribution in [2.75, 3.05) is 13.1 Å². The molecule has 0 radical (unpaired) electrons. The number of hydrogen-bond donors (Lipinski definition) is 0. The average molecular weight is 315 g/mol. The number of amides is 1. The molecule has 3 heteroatoms. The van der Waals surface area contributed by atoms with E-state index in [1.165, 1.54) is 16.7 Å². The normalized spacial score (nSPS) is 16.8. The Morgan fingerprint density at radius 2 is 1.74 bits per heavy atom. The summed E-state index contributed by atoms with van der Waals surface area (Å²) in [5.41, 5.74) is 3.53. The van der Waals surface area contributed by atoms with Crippen LogP contribution in [0, 0.1) is 19.8 Å². The molecule has 1 fully saturated rings. The summed E-state index contributed by atoms with van der Waals surface area (Å²) >= 11 is 0. The van der Waals surface area contributed by atoms with Crippen LogP contribution in [0.25, 0.3) is 6.08 Å². The summed E-state index contributed by atoms with van der Waals surface area (Å²) < 4.78 is 5.44. The molecule has 1 heterocycles. The van der Waals surface area contributed by atoms with Crippen LogP contribution in [0.1, 0.15) is 50.3 Å². The SMILES string of the molecule is Cc1cccc(C)c1/C=C\C1CCN(C(=O)OC(C)(C)C)CC1. The maximum Gasteiger partial charge on any atom is 0.410 e. The molecular weight excluding hydrogens is 286 g/mol. The molecule has 0 saturated carbocycles. The average Bonchev–Trinajstić information content (AvgIpc) is 2.45. The van der Waals surface area contributed by atoms with Crippen LogP contribution in [0.4, 0.5) is 4.79 Å². The van der Waals surface area contributed by atoms with Crippen LogP contribution >= 0.6 is 0 Å². The number of benzene rings is 1. The van der Waals surface area contributed by atoms with Gasteiger partial charge in [0.1, 0.15) is 5.60 Å². The maximum atomic E-state index is 12.1. The topological polar surface area (TPSA) is 29.5 Å². The van der Waals surface area contributed by atoms with Crippen molar-refractivity contribution in [3.8, 4) is 0 Å². The lowest BCUT2D eigenvalue weighted by Crippen LogP contribution is -2.41. The quantitative estimate of drug-likeness (QED) is 0.771. The number of carbonyl (C=O) groups excluding carboxylic acids is 1. The van der Waals surface area contributed by atoms with E-state index in [9.17, 15) is 4.79 Å². The molecule has 1 aromatic carbocycles. The number of allylic oxidation sites excluding steroid dienone is 1. The minimum Gasteiger partial charge on any atom is -0.444 e. The Morgan fingerprint density at radius 3 is 2.26 bits per heavy atom. The van der Waals surface area contributed by atoms with E-state index >= 15 is 0 Å². The standard InChI is InChI=1S/C20H29NO2/c1-15-7-6-8-16(2)18(15)10-9-17-11-13-21(14-12-17)19(22)23-20(3,4)5/h6-10,17H,11-14H2,1-5H3/b10-9-. The summed E-state index contributed by atoms with van der Waals surface area (Å²) in [4.78, 5) is 13.9. The summed E-state index contributed by atoms with van der Waals surface area (Å²) in [5.74, 6) is 0.535. The second-order valence-electron chi connectivity index (χ2n) is 7.47. The van der Waals surface area contributed by atoms with Crippen LogP contribution in [0.2, 0.25) is 0 Å². The molecule has 0 N–H and O–H groups in total. The smallest absolute Gasteiger partial charge is 0.410 e. The Labute approximate surface area is 140 Å². The number of aryl methyl sites for hydroxylation is 2. The van der Waals surface area contributed by atoms with Gasteiger partial charge in [-0.3, -0.25) is 0 Å². The summed E-state index contributed by atoms with van der Waals surface area (Å²) in [6, 6.07) is 6.40. The molecule has 23 heavy (non-hydrogen) atoms. The molecule has 0 aliphatic carbocycles. The lowest BCUT2D eigenvalue weighted by Gasteiger charge is -2.32. The molecule has 0 atom stereocenters. The Kier molecular flexibility index (Phi) is 5.51. The van der Waals surface area contributed by atoms with E-state index in [1.807, 2.05) is 25.7 Å². The van der Waals surface area contributed by atoms with Gasteiger partial charge in [0.15, 0.2) is 0 Å². The highest BCUT2D eigenvalue weighted by Crippen LogP contribution is 2.23. The van der Waals surface area contributed by atoms with Crippen LogP contribution in [0.5, 0.6) is 0 Å². The number of likely N-dealkylation sites (tertiary alicyclic amines) is 1. The molecule has 0 spiro atoms. The highest BCUT2D eigenvalue weighted by Gasteiger charge is 2.25. The second-order valence-corrected chi connectivity index (χ2v) is 7.47. The van der Waals surface area contributed by atoms with Gasteiger partial charge in [-0.1, -0.05) is 30.4 Å². The zero-order valence-electron chi connectivity index (χ0n) is 15.1. The van der Waals surface area contributed by atoms with Crippen molar-refractivity contribution in [2.45, 2.75) is 53.1 Å². The molecule has 3 nitrogen and oxygen atoms in total. The van der Waals surface area contributed by atoms with Crippen molar-refractivity contribution in [3.63, 3.8) is 0 Å². The van der Waals surface area contributed by atoms with Crippen LogP contribution in [-0.4, -0.2) is 29.7 Å². The zero-order chi connectivity index (χ0) is 17.0. The molecular formula is C20H29NO2. The van der Waals surface area contributed by atoms with Gasteiger partial charge >= 0.3 is 6.09 Å². The number of hydrogen-bond acceptors (Lipinski definition) is 2. The molecule has 1 aliphatic heterocycles. The number of rotatable bonds is 2. The van der Waals surface area contributed by atoms with Gasteiger partial charge < -0.3 is 9.64 Å². The Morgan fingerprint density at radius 1 is 1.17 bits per heavy atom. The Hall–Kier alpha value is -1.77. The monoisotopic (exact) mass is 315 g/mol. The maximum absolute atomic E-state index is 12.1. The molecule has 2 rings (SSSR count). The van der Waals surface area contributed by atoms with E-state index in [-0.39, 0.29) is 6.09 Å². The summed E-state index contributed by atoms with van der Waals surface area (Å²) in [7, 11) is 0. The molecule has 1 saturated heterocycles. The third-order valence-corrected chi connectivity index (χ3v) is 4.27. The number of ether oxygens (including phenoxy) is 1. The summed E-state index contributed by atoms with van der Waals surface area (Å²) in [6.45, 7) is 11.6. The lowest BCUT2D eigenvalue weighted by molar-refractivity contribution is 0.0197. The summed E-state index contributed by atoms with van der Waals surface area (Å²) in [5, 5.41) is 0. The molecule has 1 aromatic rings. The minimum atomic E-state index is -0.420. The number of piperidine rings is 1. The van der Waals surface area contributed by atoms with Gasteiger partial charge in [0.2, 0.25) is 0 Å². The predicted octanol–water partition coefficient (Wildman–Crippen LogP) is 4.96. The fraction of sp³-hybridized carbons (Fsp3) is 0.550. The van der Waals surface area contributed by atoms with Gasteiger partial charge in [0, 0.05) is 13.1 Å². The van der Waals surface area contributed by atoms with Gasteiger partial charge in [-0.05, 0) is 70.1 Å². The van der Waals surface area contributed by atoms with E-state index in [4.69, 9.17) is 4.74 Å². The highest BCUT2D eigenvalue weighted by atomic mass is 16.6. The Balaban J connectivity index is 1.90. The summed E-state index contributed by atoms with van der Waals surface area (Å²) in [6.07, 6.45) is 6.37. The minimum absolute atomic E-state index is 0.185. The van der Waals surface area contributed by atoms with Crippen LogP contribution in [0.15, 0.2) is 24.3 Å². The first-order chi connectivity index (χ1) is 10.8. The van der Waals surface area contributed by atoms with Crippen LogP contribution in [-0.2, 0) is 4.74 Å². The predicted molar refractivity (Wildman–Crippen MR) is 95.5 cm³/mol. The van der Waals surface area contributed by atoms with Gasteiger partial charge in [0.05, 0.1) is 0 Å². The molecule has 1 amide bonds.